The van der Waals surface area contributed by atoms with Crippen LogP contribution in [0.15, 0.2) is 54.6 Å². The molecule has 0 spiro atoms. The zero-order valence-electron chi connectivity index (χ0n) is 13.0. The molecule has 23 heavy (non-hydrogen) atoms. The molecule has 0 heterocycles. The molecule has 0 aliphatic carbocycles. The minimum atomic E-state index is 0. The first-order chi connectivity index (χ1) is 9.36. The Morgan fingerprint density at radius 1 is 0.913 bits per heavy atom. The summed E-state index contributed by atoms with van der Waals surface area (Å²) in [4.78, 5) is 0. The molecule has 0 bridgehead atoms. The predicted octanol–water partition coefficient (Wildman–Crippen LogP) is 4.71. The summed E-state index contributed by atoms with van der Waals surface area (Å²) in [6, 6.07) is 19.3. The first-order valence-electron chi connectivity index (χ1n) is 6.00. The number of fused-ring (bicyclic) bond motifs is 3. The van der Waals surface area contributed by atoms with Crippen LogP contribution in [0.2, 0.25) is 0 Å². The number of benzene rings is 2. The molecule has 0 saturated heterocycles. The Bertz CT molecular complexity index is 580. The number of rotatable bonds is 1. The van der Waals surface area contributed by atoms with E-state index in [1.54, 1.807) is 0 Å². The standard InChI is InChI=1S/C13H9.C3H7O.CH3.2ClH.O.Si.Ti/c1-3-7-12-10(5-1)9-11-6-2-4-8-13(11)12;1-2-3-4;;;;;;/h1-9H;4H,1-3H2;1H3;2*1H;;;/q3*-1;;;;;. The third-order valence-electron chi connectivity index (χ3n) is 2.68. The molecule has 0 aliphatic rings. The van der Waals surface area contributed by atoms with Crippen LogP contribution in [-0.2, 0) is 23.7 Å². The number of hydrogen-bond donors (Lipinski definition) is 1. The van der Waals surface area contributed by atoms with Crippen molar-refractivity contribution in [3.8, 4) is 0 Å². The molecule has 0 aromatic heterocycles. The van der Waals surface area contributed by atoms with Crippen molar-refractivity contribution < 1.29 is 28.8 Å². The normalized spacial score (nSPS) is 7.70. The van der Waals surface area contributed by atoms with Gasteiger partial charge in [0.15, 0.2) is 0 Å². The minimum absolute atomic E-state index is 0. The summed E-state index contributed by atoms with van der Waals surface area (Å²) in [6.07, 6.45) is 0.625. The Morgan fingerprint density at radius 3 is 1.52 bits per heavy atom. The Labute approximate surface area is 167 Å². The molecule has 3 rings (SSSR count). The fraction of sp³-hybridized carbons (Fsp3) is 0.118. The van der Waals surface area contributed by atoms with Crippen molar-refractivity contribution in [2.45, 2.75) is 6.42 Å². The van der Waals surface area contributed by atoms with Gasteiger partial charge in [-0.2, -0.15) is 6.42 Å². The van der Waals surface area contributed by atoms with Gasteiger partial charge in [-0.3, -0.25) is 0 Å². The zero-order chi connectivity index (χ0) is 14.1. The molecule has 3 aromatic carbocycles. The molecule has 3 aromatic rings. The summed E-state index contributed by atoms with van der Waals surface area (Å²) >= 11 is 0.750. The zero-order valence-corrected chi connectivity index (χ0v) is 17.2. The SMILES string of the molecule is Cl.Cl.[CH2-]CCO.[CH3-].[O]=[Ti].[Si].c1ccc2c(c1)[cH-]c1ccccc12. The van der Waals surface area contributed by atoms with Crippen molar-refractivity contribution in [2.75, 3.05) is 6.61 Å². The summed E-state index contributed by atoms with van der Waals surface area (Å²) in [7, 11) is 0. The van der Waals surface area contributed by atoms with Crippen LogP contribution in [0.3, 0.4) is 0 Å². The van der Waals surface area contributed by atoms with Crippen LogP contribution in [-0.4, -0.2) is 22.7 Å². The van der Waals surface area contributed by atoms with Crippen LogP contribution in [0.4, 0.5) is 0 Å². The second kappa shape index (κ2) is 17.9. The van der Waals surface area contributed by atoms with Gasteiger partial charge in [0, 0.05) is 17.6 Å². The smallest absolute Gasteiger partial charge is 0 e. The Kier molecular flexibility index (Phi) is 23.7. The van der Waals surface area contributed by atoms with Crippen LogP contribution < -0.4 is 0 Å². The van der Waals surface area contributed by atoms with Crippen LogP contribution in [0, 0.1) is 14.4 Å². The molecule has 4 radical (unpaired) electrons. The van der Waals surface area contributed by atoms with E-state index in [0.717, 1.165) is 20.4 Å². The van der Waals surface area contributed by atoms with E-state index in [4.69, 9.17) is 8.43 Å². The van der Waals surface area contributed by atoms with Gasteiger partial charge < -0.3 is 19.5 Å². The van der Waals surface area contributed by atoms with Gasteiger partial charge >= 0.3 is 23.7 Å². The van der Waals surface area contributed by atoms with E-state index in [1.165, 1.54) is 21.5 Å². The second-order valence-corrected chi connectivity index (χ2v) is 3.90. The largest absolute Gasteiger partial charge is 0.126 e. The minimum Gasteiger partial charge on any atom is -0.126 e. The summed E-state index contributed by atoms with van der Waals surface area (Å²) in [5.41, 5.74) is 0. The fourth-order valence-corrected chi connectivity index (χ4v) is 1.90. The molecule has 2 nitrogen and oxygen atoms in total. The van der Waals surface area contributed by atoms with Crippen LogP contribution in [0.1, 0.15) is 6.42 Å². The molecule has 6 heteroatoms. The number of aliphatic hydroxyl groups is 1. The molecule has 0 aliphatic heterocycles. The summed E-state index contributed by atoms with van der Waals surface area (Å²) in [6.45, 7) is 3.56. The van der Waals surface area contributed by atoms with Crippen molar-refractivity contribution in [1.29, 1.82) is 0 Å². The average molecular weight is 404 g/mol. The Morgan fingerprint density at radius 2 is 1.22 bits per heavy atom. The molecular formula is C17H21Cl2O2SiTi-3. The van der Waals surface area contributed by atoms with Gasteiger partial charge in [-0.1, -0.05) is 36.4 Å². The van der Waals surface area contributed by atoms with E-state index < -0.39 is 0 Å². The first-order valence-corrected chi connectivity index (χ1v) is 6.64. The topological polar surface area (TPSA) is 37.3 Å². The van der Waals surface area contributed by atoms with Crippen molar-refractivity contribution in [3.63, 3.8) is 0 Å². The van der Waals surface area contributed by atoms with Crippen molar-refractivity contribution in [3.05, 3.63) is 68.9 Å². The molecule has 126 valence electrons. The van der Waals surface area contributed by atoms with Crippen molar-refractivity contribution in [2.24, 2.45) is 0 Å². The molecule has 0 amide bonds. The summed E-state index contributed by atoms with van der Waals surface area (Å²) in [5.74, 6) is 0. The summed E-state index contributed by atoms with van der Waals surface area (Å²) < 4.78 is 8.25. The monoisotopic (exact) mass is 403 g/mol. The van der Waals surface area contributed by atoms with Crippen LogP contribution in [0.25, 0.3) is 21.5 Å². The maximum atomic E-state index is 8.25. The molecule has 1 N–H and O–H groups in total. The summed E-state index contributed by atoms with van der Waals surface area (Å²) in [5, 5.41) is 13.2. The van der Waals surface area contributed by atoms with E-state index in [1.807, 2.05) is 0 Å². The van der Waals surface area contributed by atoms with Crippen molar-refractivity contribution in [1.82, 2.24) is 0 Å². The first kappa shape index (κ1) is 30.5. The van der Waals surface area contributed by atoms with Gasteiger partial charge in [0.25, 0.3) is 0 Å². The molecule has 0 unspecified atom stereocenters. The third kappa shape index (κ3) is 8.85. The number of halogens is 2. The third-order valence-corrected chi connectivity index (χ3v) is 2.68. The van der Waals surface area contributed by atoms with Gasteiger partial charge in [-0.15, -0.1) is 64.6 Å². The van der Waals surface area contributed by atoms with E-state index in [9.17, 15) is 0 Å². The number of aliphatic hydroxyl groups excluding tert-OH is 1. The Balaban J connectivity index is -0.000000162. The maximum absolute atomic E-state index is 8.25. The van der Waals surface area contributed by atoms with Gasteiger partial charge in [0.1, 0.15) is 0 Å². The maximum Gasteiger partial charge on any atom is 0 e. The van der Waals surface area contributed by atoms with Crippen LogP contribution in [0.5, 0.6) is 0 Å². The predicted molar refractivity (Wildman–Crippen MR) is 101 cm³/mol. The quantitative estimate of drug-likeness (QED) is 0.472. The van der Waals surface area contributed by atoms with E-state index in [2.05, 4.69) is 61.5 Å². The van der Waals surface area contributed by atoms with E-state index in [0.29, 0.717) is 6.42 Å². The molecule has 0 atom stereocenters. The molecular weight excluding hydrogens is 383 g/mol. The number of hydrogen-bond acceptors (Lipinski definition) is 2. The Hall–Kier alpha value is -0.419. The molecule has 0 fully saturated rings. The second-order valence-electron chi connectivity index (χ2n) is 3.90. The van der Waals surface area contributed by atoms with E-state index >= 15 is 0 Å². The fourth-order valence-electron chi connectivity index (χ4n) is 1.90. The van der Waals surface area contributed by atoms with E-state index in [-0.39, 0.29) is 49.8 Å². The molecule has 0 saturated carbocycles. The van der Waals surface area contributed by atoms with Gasteiger partial charge in [-0.25, -0.2) is 0 Å². The van der Waals surface area contributed by atoms with Gasteiger partial charge in [0.05, 0.1) is 0 Å². The van der Waals surface area contributed by atoms with Crippen molar-refractivity contribution >= 4 is 57.3 Å². The van der Waals surface area contributed by atoms with Gasteiger partial charge in [-0.05, 0) is 0 Å². The van der Waals surface area contributed by atoms with Gasteiger partial charge in [0.2, 0.25) is 0 Å². The van der Waals surface area contributed by atoms with Crippen LogP contribution >= 0.6 is 24.8 Å². The average Bonchev–Trinajstić information content (AvgIpc) is 2.88.